The number of rotatable bonds is 5. The molecule has 0 heteroatoms. The van der Waals surface area contributed by atoms with Crippen molar-refractivity contribution >= 4 is 0 Å². The maximum atomic E-state index is 3.81. The smallest absolute Gasteiger partial charge is 0.0168 e. The normalized spacial score (nSPS) is 14.6. The lowest BCUT2D eigenvalue weighted by atomic mass is 9.92. The monoisotopic (exact) mass is 152 g/mol. The van der Waals surface area contributed by atoms with Gasteiger partial charge in [-0.15, -0.1) is 0 Å². The zero-order chi connectivity index (χ0) is 8.69. The second-order valence-electron chi connectivity index (χ2n) is 2.89. The molecular formula is C11H20. The van der Waals surface area contributed by atoms with E-state index >= 15 is 0 Å². The molecule has 0 nitrogen and oxygen atoms in total. The summed E-state index contributed by atoms with van der Waals surface area (Å²) in [6.07, 6.45) is 7.96. The molecule has 1 atom stereocenters. The molecule has 1 unspecified atom stereocenters. The van der Waals surface area contributed by atoms with E-state index in [4.69, 9.17) is 0 Å². The van der Waals surface area contributed by atoms with Crippen LogP contribution in [0.15, 0.2) is 24.3 Å². The summed E-state index contributed by atoms with van der Waals surface area (Å²) >= 11 is 0. The lowest BCUT2D eigenvalue weighted by molar-refractivity contribution is 0.543. The molecule has 0 aliphatic heterocycles. The van der Waals surface area contributed by atoms with Crippen molar-refractivity contribution in [1.29, 1.82) is 0 Å². The molecule has 0 saturated carbocycles. The highest BCUT2D eigenvalue weighted by Gasteiger charge is 2.06. The maximum Gasteiger partial charge on any atom is -0.0168 e. The predicted octanol–water partition coefficient (Wildman–Crippen LogP) is 3.95. The number of hydrogen-bond acceptors (Lipinski definition) is 0. The second-order valence-corrected chi connectivity index (χ2v) is 2.89. The molecular weight excluding hydrogens is 132 g/mol. The van der Waals surface area contributed by atoms with Gasteiger partial charge in [0.15, 0.2) is 0 Å². The van der Waals surface area contributed by atoms with Crippen LogP contribution >= 0.6 is 0 Å². The molecule has 0 aliphatic carbocycles. The molecule has 0 aromatic carbocycles. The van der Waals surface area contributed by atoms with Gasteiger partial charge in [-0.05, 0) is 31.3 Å². The maximum absolute atomic E-state index is 3.81. The lowest BCUT2D eigenvalue weighted by Crippen LogP contribution is -1.99. The van der Waals surface area contributed by atoms with Crippen molar-refractivity contribution in [2.75, 3.05) is 0 Å². The average Bonchev–Trinajstić information content (AvgIpc) is 2.05. The van der Waals surface area contributed by atoms with Gasteiger partial charge in [-0.3, -0.25) is 0 Å². The first-order valence-electron chi connectivity index (χ1n) is 4.58. The van der Waals surface area contributed by atoms with Crippen molar-refractivity contribution in [3.63, 3.8) is 0 Å². The van der Waals surface area contributed by atoms with Gasteiger partial charge in [-0.1, -0.05) is 39.0 Å². The fraction of sp³-hybridized carbons (Fsp3) is 0.636. The van der Waals surface area contributed by atoms with Crippen LogP contribution in [-0.4, -0.2) is 0 Å². The van der Waals surface area contributed by atoms with Crippen LogP contribution in [0.3, 0.4) is 0 Å². The topological polar surface area (TPSA) is 0 Å². The van der Waals surface area contributed by atoms with Gasteiger partial charge in [0.05, 0.1) is 0 Å². The van der Waals surface area contributed by atoms with E-state index in [1.165, 1.54) is 24.8 Å². The van der Waals surface area contributed by atoms with Crippen molar-refractivity contribution in [3.05, 3.63) is 24.3 Å². The summed E-state index contributed by atoms with van der Waals surface area (Å²) in [5, 5.41) is 0. The SMILES string of the molecule is C=C/C(=C\C)C(CC)CCC. The molecule has 0 aliphatic rings. The Morgan fingerprint density at radius 2 is 2.09 bits per heavy atom. The Morgan fingerprint density at radius 3 is 2.36 bits per heavy atom. The van der Waals surface area contributed by atoms with Gasteiger partial charge < -0.3 is 0 Å². The minimum absolute atomic E-state index is 0.738. The van der Waals surface area contributed by atoms with E-state index in [1.54, 1.807) is 0 Å². The molecule has 0 fully saturated rings. The molecule has 0 spiro atoms. The van der Waals surface area contributed by atoms with Crippen LogP contribution < -0.4 is 0 Å². The van der Waals surface area contributed by atoms with Crippen molar-refractivity contribution in [1.82, 2.24) is 0 Å². The molecule has 0 saturated heterocycles. The highest BCUT2D eigenvalue weighted by Crippen LogP contribution is 2.20. The van der Waals surface area contributed by atoms with E-state index in [0.29, 0.717) is 0 Å². The molecule has 0 N–H and O–H groups in total. The third kappa shape index (κ3) is 3.41. The highest BCUT2D eigenvalue weighted by atomic mass is 14.1. The Morgan fingerprint density at radius 1 is 1.45 bits per heavy atom. The van der Waals surface area contributed by atoms with E-state index < -0.39 is 0 Å². The first-order chi connectivity index (χ1) is 5.29. The van der Waals surface area contributed by atoms with E-state index in [1.807, 2.05) is 6.08 Å². The Balaban J connectivity index is 4.09. The van der Waals surface area contributed by atoms with Gasteiger partial charge in [-0.2, -0.15) is 0 Å². The van der Waals surface area contributed by atoms with Gasteiger partial charge in [0.1, 0.15) is 0 Å². The Kier molecular flexibility index (Phi) is 5.91. The Labute approximate surface area is 71.0 Å². The first kappa shape index (κ1) is 10.5. The number of hydrogen-bond donors (Lipinski definition) is 0. The lowest BCUT2D eigenvalue weighted by Gasteiger charge is -2.14. The number of allylic oxidation sites excluding steroid dienone is 3. The summed E-state index contributed by atoms with van der Waals surface area (Å²) in [4.78, 5) is 0. The van der Waals surface area contributed by atoms with E-state index in [0.717, 1.165) is 5.92 Å². The van der Waals surface area contributed by atoms with Gasteiger partial charge in [0, 0.05) is 0 Å². The quantitative estimate of drug-likeness (QED) is 0.523. The first-order valence-corrected chi connectivity index (χ1v) is 4.58. The highest BCUT2D eigenvalue weighted by molar-refractivity contribution is 5.18. The minimum atomic E-state index is 0.738. The van der Waals surface area contributed by atoms with Crippen LogP contribution in [0.1, 0.15) is 40.0 Å². The predicted molar refractivity (Wildman–Crippen MR) is 52.6 cm³/mol. The van der Waals surface area contributed by atoms with Crippen LogP contribution in [0.4, 0.5) is 0 Å². The summed E-state index contributed by atoms with van der Waals surface area (Å²) in [5.41, 5.74) is 1.41. The van der Waals surface area contributed by atoms with Crippen molar-refractivity contribution in [2.45, 2.75) is 40.0 Å². The van der Waals surface area contributed by atoms with Crippen LogP contribution in [0.2, 0.25) is 0 Å². The van der Waals surface area contributed by atoms with Crippen molar-refractivity contribution in [3.8, 4) is 0 Å². The fourth-order valence-electron chi connectivity index (χ4n) is 1.48. The fourth-order valence-corrected chi connectivity index (χ4v) is 1.48. The van der Waals surface area contributed by atoms with E-state index in [2.05, 4.69) is 33.4 Å². The Bertz CT molecular complexity index is 131. The molecule has 0 aromatic heterocycles. The summed E-state index contributed by atoms with van der Waals surface area (Å²) in [6.45, 7) is 10.4. The molecule has 0 amide bonds. The standard InChI is InChI=1S/C11H20/c1-5-9-11(8-4)10(6-2)7-3/h6-7,11H,2,5,8-9H2,1,3-4H3/b10-7+. The van der Waals surface area contributed by atoms with Crippen molar-refractivity contribution in [2.24, 2.45) is 5.92 Å². The van der Waals surface area contributed by atoms with Crippen LogP contribution in [0.25, 0.3) is 0 Å². The van der Waals surface area contributed by atoms with Gasteiger partial charge >= 0.3 is 0 Å². The van der Waals surface area contributed by atoms with E-state index in [-0.39, 0.29) is 0 Å². The van der Waals surface area contributed by atoms with Crippen LogP contribution in [0.5, 0.6) is 0 Å². The molecule has 0 radical (unpaired) electrons. The van der Waals surface area contributed by atoms with Crippen LogP contribution in [0, 0.1) is 5.92 Å². The average molecular weight is 152 g/mol. The second kappa shape index (κ2) is 6.21. The molecule has 0 aromatic rings. The molecule has 0 rings (SSSR count). The van der Waals surface area contributed by atoms with Crippen LogP contribution in [-0.2, 0) is 0 Å². The van der Waals surface area contributed by atoms with Gasteiger partial charge in [-0.25, -0.2) is 0 Å². The van der Waals surface area contributed by atoms with Gasteiger partial charge in [0.2, 0.25) is 0 Å². The third-order valence-electron chi connectivity index (χ3n) is 2.17. The zero-order valence-electron chi connectivity index (χ0n) is 8.06. The van der Waals surface area contributed by atoms with E-state index in [9.17, 15) is 0 Å². The summed E-state index contributed by atoms with van der Waals surface area (Å²) < 4.78 is 0. The van der Waals surface area contributed by atoms with Gasteiger partial charge in [0.25, 0.3) is 0 Å². The molecule has 0 bridgehead atoms. The summed E-state index contributed by atoms with van der Waals surface area (Å²) in [7, 11) is 0. The summed E-state index contributed by atoms with van der Waals surface area (Å²) in [5.74, 6) is 0.738. The molecule has 11 heavy (non-hydrogen) atoms. The van der Waals surface area contributed by atoms with Crippen molar-refractivity contribution < 1.29 is 0 Å². The largest absolute Gasteiger partial charge is 0.0988 e. The molecule has 0 heterocycles. The zero-order valence-corrected chi connectivity index (χ0v) is 8.06. The summed E-state index contributed by atoms with van der Waals surface area (Å²) in [6, 6.07) is 0. The minimum Gasteiger partial charge on any atom is -0.0988 e. The third-order valence-corrected chi connectivity index (χ3v) is 2.17. The Hall–Kier alpha value is -0.520. The molecule has 64 valence electrons.